The van der Waals surface area contributed by atoms with Crippen LogP contribution >= 0.6 is 11.8 Å². The predicted molar refractivity (Wildman–Crippen MR) is 78.8 cm³/mol. The fourth-order valence-corrected chi connectivity index (χ4v) is 2.35. The Balaban J connectivity index is 2.43. The van der Waals surface area contributed by atoms with Gasteiger partial charge in [0.2, 0.25) is 0 Å². The first kappa shape index (κ1) is 15.7. The summed E-state index contributed by atoms with van der Waals surface area (Å²) in [6, 6.07) is 5.10. The molecule has 4 N–H and O–H groups in total. The van der Waals surface area contributed by atoms with E-state index in [-0.39, 0.29) is 12.5 Å². The van der Waals surface area contributed by atoms with E-state index in [0.29, 0.717) is 23.5 Å². The number of hydrogen-bond acceptors (Lipinski definition) is 5. The highest BCUT2D eigenvalue weighted by Gasteiger charge is 2.13. The molecule has 1 aromatic rings. The Morgan fingerprint density at radius 3 is 2.95 bits per heavy atom. The van der Waals surface area contributed by atoms with Gasteiger partial charge in [0.25, 0.3) is 5.91 Å². The quantitative estimate of drug-likeness (QED) is 0.492. The van der Waals surface area contributed by atoms with Crippen LogP contribution in [0.25, 0.3) is 0 Å². The van der Waals surface area contributed by atoms with Crippen LogP contribution in [0.2, 0.25) is 0 Å². The number of anilines is 1. The van der Waals surface area contributed by atoms with E-state index in [2.05, 4.69) is 5.32 Å². The Morgan fingerprint density at radius 1 is 1.47 bits per heavy atom. The first-order valence-corrected chi connectivity index (χ1v) is 7.25. The zero-order valence-corrected chi connectivity index (χ0v) is 11.8. The lowest BCUT2D eigenvalue weighted by molar-refractivity contribution is 0.0953. The van der Waals surface area contributed by atoms with Crippen molar-refractivity contribution in [1.29, 1.82) is 0 Å². The molecule has 0 aliphatic rings. The number of para-hydroxylation sites is 1. The molecule has 0 unspecified atom stereocenters. The van der Waals surface area contributed by atoms with Gasteiger partial charge in [-0.25, -0.2) is 0 Å². The van der Waals surface area contributed by atoms with Crippen molar-refractivity contribution in [2.45, 2.75) is 6.42 Å². The summed E-state index contributed by atoms with van der Waals surface area (Å²) in [4.78, 5) is 12.0. The molecule has 0 atom stereocenters. The SMILES string of the molecule is COc1c(N)cccc1C(=O)NCCSCCCO. The van der Waals surface area contributed by atoms with Gasteiger partial charge < -0.3 is 20.9 Å². The van der Waals surface area contributed by atoms with Gasteiger partial charge in [0.1, 0.15) is 0 Å². The summed E-state index contributed by atoms with van der Waals surface area (Å²) in [6.45, 7) is 0.784. The number of methoxy groups -OCH3 is 1. The maximum Gasteiger partial charge on any atom is 0.255 e. The second-order valence-electron chi connectivity index (χ2n) is 3.87. The van der Waals surface area contributed by atoms with Gasteiger partial charge >= 0.3 is 0 Å². The average Bonchev–Trinajstić information content (AvgIpc) is 2.42. The van der Waals surface area contributed by atoms with Crippen LogP contribution in [0, 0.1) is 0 Å². The molecule has 0 bridgehead atoms. The zero-order valence-electron chi connectivity index (χ0n) is 11.0. The van der Waals surface area contributed by atoms with Crippen LogP contribution in [0.4, 0.5) is 5.69 Å². The van der Waals surface area contributed by atoms with Gasteiger partial charge in [-0.15, -0.1) is 0 Å². The third-order valence-corrected chi connectivity index (χ3v) is 3.54. The van der Waals surface area contributed by atoms with Crippen LogP contribution in [0.5, 0.6) is 5.75 Å². The number of carbonyl (C=O) groups excluding carboxylic acids is 1. The van der Waals surface area contributed by atoms with Gasteiger partial charge in [0.15, 0.2) is 5.75 Å². The number of thioether (sulfide) groups is 1. The fraction of sp³-hybridized carbons (Fsp3) is 0.462. The van der Waals surface area contributed by atoms with Gasteiger partial charge in [-0.3, -0.25) is 4.79 Å². The molecule has 0 aromatic heterocycles. The maximum atomic E-state index is 12.0. The first-order valence-electron chi connectivity index (χ1n) is 6.10. The van der Waals surface area contributed by atoms with Crippen LogP contribution in [0.1, 0.15) is 16.8 Å². The van der Waals surface area contributed by atoms with Crippen LogP contribution in [-0.2, 0) is 0 Å². The minimum atomic E-state index is -0.188. The van der Waals surface area contributed by atoms with Crippen molar-refractivity contribution in [2.24, 2.45) is 0 Å². The molecule has 106 valence electrons. The molecule has 1 rings (SSSR count). The molecule has 0 saturated carbocycles. The summed E-state index contributed by atoms with van der Waals surface area (Å²) < 4.78 is 5.14. The van der Waals surface area contributed by atoms with Crippen molar-refractivity contribution in [3.05, 3.63) is 23.8 Å². The first-order chi connectivity index (χ1) is 9.20. The number of rotatable bonds is 8. The van der Waals surface area contributed by atoms with E-state index in [0.717, 1.165) is 17.9 Å². The molecule has 0 spiro atoms. The highest BCUT2D eigenvalue weighted by molar-refractivity contribution is 7.99. The van der Waals surface area contributed by atoms with Crippen LogP contribution in [-0.4, -0.2) is 42.8 Å². The summed E-state index contributed by atoms with van der Waals surface area (Å²) in [5.74, 6) is 1.93. The number of nitrogens with one attached hydrogen (secondary N) is 1. The number of benzene rings is 1. The smallest absolute Gasteiger partial charge is 0.255 e. The second kappa shape index (κ2) is 8.66. The third kappa shape index (κ3) is 5.00. The summed E-state index contributed by atoms with van der Waals surface area (Å²) in [6.07, 6.45) is 0.779. The number of carbonyl (C=O) groups is 1. The van der Waals surface area contributed by atoms with Crippen LogP contribution < -0.4 is 15.8 Å². The molecule has 0 aliphatic carbocycles. The van der Waals surface area contributed by atoms with E-state index < -0.39 is 0 Å². The molecule has 0 fully saturated rings. The normalized spacial score (nSPS) is 10.2. The van der Waals surface area contributed by atoms with Gasteiger partial charge in [-0.2, -0.15) is 11.8 Å². The fourth-order valence-electron chi connectivity index (χ4n) is 1.56. The second-order valence-corrected chi connectivity index (χ2v) is 5.10. The lowest BCUT2D eigenvalue weighted by Crippen LogP contribution is -2.26. The lowest BCUT2D eigenvalue weighted by atomic mass is 10.1. The summed E-state index contributed by atoms with van der Waals surface area (Å²) in [7, 11) is 1.49. The minimum Gasteiger partial charge on any atom is -0.494 e. The Hall–Kier alpha value is -1.40. The number of hydrogen-bond donors (Lipinski definition) is 3. The van der Waals surface area contributed by atoms with Gasteiger partial charge in [-0.05, 0) is 24.3 Å². The third-order valence-electron chi connectivity index (χ3n) is 2.47. The van der Waals surface area contributed by atoms with E-state index in [1.807, 2.05) is 0 Å². The Kier molecular flexibility index (Phi) is 7.14. The predicted octanol–water partition coefficient (Wildman–Crippen LogP) is 1.12. The number of ether oxygens (including phenoxy) is 1. The maximum absolute atomic E-state index is 12.0. The van der Waals surface area contributed by atoms with E-state index in [1.54, 1.807) is 30.0 Å². The highest BCUT2D eigenvalue weighted by Crippen LogP contribution is 2.25. The number of nitrogens with two attached hydrogens (primary N) is 1. The summed E-state index contributed by atoms with van der Waals surface area (Å²) in [5, 5.41) is 11.5. The van der Waals surface area contributed by atoms with E-state index in [1.165, 1.54) is 7.11 Å². The topological polar surface area (TPSA) is 84.6 Å². The molecule has 5 nitrogen and oxygen atoms in total. The molecule has 0 heterocycles. The van der Waals surface area contributed by atoms with E-state index >= 15 is 0 Å². The van der Waals surface area contributed by atoms with Crippen molar-refractivity contribution < 1.29 is 14.6 Å². The molecule has 0 aliphatic heterocycles. The highest BCUT2D eigenvalue weighted by atomic mass is 32.2. The molecule has 0 radical (unpaired) electrons. The van der Waals surface area contributed by atoms with Gasteiger partial charge in [0.05, 0.1) is 18.4 Å². The summed E-state index contributed by atoms with van der Waals surface area (Å²) >= 11 is 1.70. The number of nitrogen functional groups attached to an aromatic ring is 1. The number of aliphatic hydroxyl groups excluding tert-OH is 1. The van der Waals surface area contributed by atoms with Crippen molar-refractivity contribution in [2.75, 3.05) is 37.5 Å². The molecular formula is C13H20N2O3S. The van der Waals surface area contributed by atoms with Crippen molar-refractivity contribution in [3.8, 4) is 5.75 Å². The number of amides is 1. The van der Waals surface area contributed by atoms with Gasteiger partial charge in [-0.1, -0.05) is 6.07 Å². The molecule has 0 saturated heterocycles. The number of aliphatic hydroxyl groups is 1. The molecule has 6 heteroatoms. The van der Waals surface area contributed by atoms with Gasteiger partial charge in [0, 0.05) is 18.9 Å². The van der Waals surface area contributed by atoms with E-state index in [4.69, 9.17) is 15.6 Å². The largest absolute Gasteiger partial charge is 0.494 e. The van der Waals surface area contributed by atoms with Crippen molar-refractivity contribution >= 4 is 23.4 Å². The minimum absolute atomic E-state index is 0.188. The summed E-state index contributed by atoms with van der Waals surface area (Å²) in [5.41, 5.74) is 6.65. The lowest BCUT2D eigenvalue weighted by Gasteiger charge is -2.11. The monoisotopic (exact) mass is 284 g/mol. The standard InChI is InChI=1S/C13H20N2O3S/c1-18-12-10(4-2-5-11(12)14)13(17)15-6-9-19-8-3-7-16/h2,4-5,16H,3,6-9,14H2,1H3,(H,15,17). The van der Waals surface area contributed by atoms with Crippen molar-refractivity contribution in [3.63, 3.8) is 0 Å². The average molecular weight is 284 g/mol. The molecular weight excluding hydrogens is 264 g/mol. The molecule has 19 heavy (non-hydrogen) atoms. The molecule has 1 aromatic carbocycles. The zero-order chi connectivity index (χ0) is 14.1. The Morgan fingerprint density at radius 2 is 2.26 bits per heavy atom. The molecule has 1 amide bonds. The van der Waals surface area contributed by atoms with Crippen LogP contribution in [0.15, 0.2) is 18.2 Å². The van der Waals surface area contributed by atoms with Crippen molar-refractivity contribution in [1.82, 2.24) is 5.32 Å². The Labute approximate surface area is 117 Å². The van der Waals surface area contributed by atoms with E-state index in [9.17, 15) is 4.79 Å². The van der Waals surface area contributed by atoms with Crippen LogP contribution in [0.3, 0.4) is 0 Å². The Bertz CT molecular complexity index is 413.